The molecule has 0 atom stereocenters. The Morgan fingerprint density at radius 1 is 1.23 bits per heavy atom. The molecule has 0 heterocycles. The number of unbranched alkanes of at least 4 members (excludes halogenated alkanes) is 2. The molecule has 0 aromatic carbocycles. The summed E-state index contributed by atoms with van der Waals surface area (Å²) in [4.78, 5) is 0. The van der Waals surface area contributed by atoms with Gasteiger partial charge in [0.1, 0.15) is 0 Å². The van der Waals surface area contributed by atoms with Gasteiger partial charge in [-0.1, -0.05) is 4.32 Å². The van der Waals surface area contributed by atoms with E-state index < -0.39 is 0 Å². The molecule has 2 N–H and O–H groups in total. The topological polar surface area (TPSA) is 26.0 Å². The van der Waals surface area contributed by atoms with Gasteiger partial charge in [-0.05, 0) is 0 Å². The molecule has 0 fully saturated rings. The summed E-state index contributed by atoms with van der Waals surface area (Å²) >= 11 is 9.48. The summed E-state index contributed by atoms with van der Waals surface area (Å²) < 4.78 is 0.0833. The van der Waals surface area contributed by atoms with Crippen molar-refractivity contribution in [1.29, 1.82) is 0 Å². The van der Waals surface area contributed by atoms with Crippen molar-refractivity contribution in [3.05, 3.63) is 0 Å². The molecule has 4 heteroatoms. The van der Waals surface area contributed by atoms with Gasteiger partial charge in [0.2, 0.25) is 0 Å². The molecule has 0 saturated carbocycles. The number of hydrogen-bond acceptors (Lipinski definition) is 2. The molecule has 0 aliphatic rings. The average Bonchev–Trinajstić information content (AvgIpc) is 2.03. The Bertz CT molecular complexity index is 99.8. The molecule has 13 heavy (non-hydrogen) atoms. The summed E-state index contributed by atoms with van der Waals surface area (Å²) in [6.07, 6.45) is 5.65. The third-order valence-corrected chi connectivity index (χ3v) is 2.91. The Morgan fingerprint density at radius 2 is 1.54 bits per heavy atom. The van der Waals surface area contributed by atoms with E-state index in [2.05, 4.69) is 44.4 Å². The Balaban J connectivity index is 0. The molecule has 0 rings (SSSR count). The van der Waals surface area contributed by atoms with Gasteiger partial charge in [0, 0.05) is 0 Å². The zero-order chi connectivity index (χ0) is 10.5. The molecular formula is C9H20MnNS2. The molecule has 0 saturated heterocycles. The minimum absolute atomic E-state index is 0.0833. The van der Waals surface area contributed by atoms with Gasteiger partial charge >= 0.3 is 65.1 Å². The van der Waals surface area contributed by atoms with E-state index >= 15 is 0 Å². The first-order chi connectivity index (χ1) is 6.15. The quantitative estimate of drug-likeness (QED) is 0.344. The van der Waals surface area contributed by atoms with E-state index in [0.29, 0.717) is 0 Å². The van der Waals surface area contributed by atoms with Gasteiger partial charge < -0.3 is 30.6 Å². The molecule has 80 valence electrons. The molecule has 0 radical (unpaired) electrons. The van der Waals surface area contributed by atoms with E-state index in [4.69, 9.17) is 0 Å². The molecule has 0 unspecified atom stereocenters. The van der Waals surface area contributed by atoms with Gasteiger partial charge in [0.25, 0.3) is 0 Å². The van der Waals surface area contributed by atoms with Crippen LogP contribution in [0.3, 0.4) is 0 Å². The van der Waals surface area contributed by atoms with Gasteiger partial charge in [0.15, 0.2) is 0 Å². The maximum absolute atomic E-state index is 4.66. The normalized spacial score (nSPS) is 8.77. The zero-order valence-corrected chi connectivity index (χ0v) is 11.3. The minimum Gasteiger partial charge on any atom is -0.415 e. The summed E-state index contributed by atoms with van der Waals surface area (Å²) in [6, 6.07) is 0. The molecule has 0 bridgehead atoms. The van der Waals surface area contributed by atoms with Crippen LogP contribution in [-0.2, 0) is 27.6 Å². The van der Waals surface area contributed by atoms with Gasteiger partial charge in [-0.2, -0.15) is 0 Å². The van der Waals surface area contributed by atoms with Gasteiger partial charge in [0.05, 0.1) is 0 Å². The van der Waals surface area contributed by atoms with E-state index in [1.807, 2.05) is 0 Å². The first-order valence-corrected chi connectivity index (χ1v) is 7.13. The zero-order valence-electron chi connectivity index (χ0n) is 8.51. The number of rotatable bonds is 6. The largest absolute Gasteiger partial charge is 0.415 e. The number of thiocarbonyl (C=S) groups is 1. The average molecular weight is 261 g/mol. The smallest absolute Gasteiger partial charge is 0.0708 e. The Kier molecular flexibility index (Phi) is 18.7. The molecule has 0 aliphatic carbocycles. The fourth-order valence-electron chi connectivity index (χ4n) is 0.551. The van der Waals surface area contributed by atoms with Crippen molar-refractivity contribution in [3.8, 4) is 0 Å². The third-order valence-electron chi connectivity index (χ3n) is 1.24. The standard InChI is InChI=1S/2C4H9.CH3NS2.Mn/c2*1-3-4-2;2-1(3)4;/h2*1,3-4H2,2H3;(H3,2,3,4);/q;;;+1/p-1. The van der Waals surface area contributed by atoms with Crippen molar-refractivity contribution in [1.82, 2.24) is 0 Å². The van der Waals surface area contributed by atoms with Crippen molar-refractivity contribution >= 4 is 29.2 Å². The van der Waals surface area contributed by atoms with Crippen molar-refractivity contribution in [2.75, 3.05) is 0 Å². The summed E-state index contributed by atoms with van der Waals surface area (Å²) in [5.41, 5.74) is 4.66. The molecule has 0 aromatic heterocycles. The van der Waals surface area contributed by atoms with Gasteiger partial charge in [-0.15, -0.1) is 0 Å². The first kappa shape index (κ1) is 16.1. The summed E-state index contributed by atoms with van der Waals surface area (Å²) in [5, 5.41) is 2.97. The van der Waals surface area contributed by atoms with Gasteiger partial charge in [-0.3, -0.25) is 0 Å². The summed E-state index contributed by atoms with van der Waals surface area (Å²) in [5.74, 6) is 0. The van der Waals surface area contributed by atoms with Gasteiger partial charge in [-0.25, -0.2) is 0 Å². The van der Waals surface area contributed by atoms with E-state index in [1.165, 1.54) is 51.3 Å². The molecule has 1 nitrogen and oxygen atoms in total. The van der Waals surface area contributed by atoms with Crippen LogP contribution in [0.5, 0.6) is 0 Å². The minimum atomic E-state index is 0.0833. The molecule has 0 aromatic rings. The van der Waals surface area contributed by atoms with Crippen LogP contribution in [0.15, 0.2) is 0 Å². The second kappa shape index (κ2) is 15.1. The first-order valence-electron chi connectivity index (χ1n) is 4.65. The van der Waals surface area contributed by atoms with Crippen molar-refractivity contribution in [3.63, 3.8) is 0 Å². The fourth-order valence-corrected chi connectivity index (χ4v) is 2.27. The van der Waals surface area contributed by atoms with E-state index in [9.17, 15) is 0 Å². The number of hydrogen-bond donors (Lipinski definition) is 1. The van der Waals surface area contributed by atoms with Crippen molar-refractivity contribution in [2.24, 2.45) is 5.73 Å². The van der Waals surface area contributed by atoms with E-state index in [0.717, 1.165) is 0 Å². The van der Waals surface area contributed by atoms with Crippen LogP contribution >= 0.6 is 12.2 Å². The third kappa shape index (κ3) is 32.5. The maximum atomic E-state index is 4.66. The predicted octanol–water partition coefficient (Wildman–Crippen LogP) is 3.28. The summed E-state index contributed by atoms with van der Waals surface area (Å²) in [7, 11) is 0. The van der Waals surface area contributed by atoms with Crippen LogP contribution in [0.4, 0.5) is 0 Å². The molecule has 0 spiro atoms. The van der Waals surface area contributed by atoms with E-state index in [-0.39, 0.29) is 4.32 Å². The Labute approximate surface area is 99.8 Å². The monoisotopic (exact) mass is 261 g/mol. The van der Waals surface area contributed by atoms with Crippen LogP contribution in [0.2, 0.25) is 10.6 Å². The van der Waals surface area contributed by atoms with Crippen LogP contribution < -0.4 is 5.73 Å². The Morgan fingerprint density at radius 3 is 1.77 bits per heavy atom. The fraction of sp³-hybridized carbons (Fsp3) is 0.889. The van der Waals surface area contributed by atoms with Crippen LogP contribution in [-0.4, -0.2) is 4.32 Å². The van der Waals surface area contributed by atoms with Crippen molar-refractivity contribution in [2.45, 2.75) is 50.2 Å². The molecule has 0 amide bonds. The van der Waals surface area contributed by atoms with Crippen LogP contribution in [0, 0.1) is 0 Å². The molecular weight excluding hydrogens is 241 g/mol. The summed E-state index contributed by atoms with van der Waals surface area (Å²) in [6.45, 7) is 4.54. The Hall–Kier alpha value is 0.629. The second-order valence-corrected chi connectivity index (χ2v) is 5.50. The van der Waals surface area contributed by atoms with E-state index in [1.54, 1.807) is 0 Å². The SMILES string of the molecule is CCC[CH2][Mn+][CH2]CCC.NC(=S)[S-]. The van der Waals surface area contributed by atoms with Crippen LogP contribution in [0.1, 0.15) is 39.5 Å². The second-order valence-electron chi connectivity index (χ2n) is 2.59. The molecule has 0 aliphatic heterocycles. The maximum Gasteiger partial charge on any atom is -0.0708 e. The predicted molar refractivity (Wildman–Crippen MR) is 63.6 cm³/mol. The van der Waals surface area contributed by atoms with Crippen molar-refractivity contribution < 1.29 is 15.0 Å². The van der Waals surface area contributed by atoms with Crippen LogP contribution in [0.25, 0.3) is 0 Å². The number of nitrogens with two attached hydrogens (primary N) is 1.